The molecule has 14 heavy (non-hydrogen) atoms. The maximum absolute atomic E-state index is 8.26. The number of para-hydroxylation sites is 1. The van der Waals surface area contributed by atoms with Gasteiger partial charge in [-0.25, -0.2) is 0 Å². The minimum Gasteiger partial charge on any atom is -0.355 e. The van der Waals surface area contributed by atoms with Crippen molar-refractivity contribution in [2.24, 2.45) is 5.11 Å². The second-order valence-corrected chi connectivity index (χ2v) is 2.91. The molecule has 4 heteroatoms. The van der Waals surface area contributed by atoms with E-state index in [4.69, 9.17) is 5.53 Å². The maximum atomic E-state index is 8.26. The molecule has 0 saturated heterocycles. The summed E-state index contributed by atoms with van der Waals surface area (Å²) in [6.07, 6.45) is 0. The summed E-state index contributed by atoms with van der Waals surface area (Å²) in [5, 5.41) is 4.53. The van der Waals surface area contributed by atoms with Gasteiger partial charge in [0.2, 0.25) is 0 Å². The van der Waals surface area contributed by atoms with Crippen LogP contribution in [0.2, 0.25) is 0 Å². The number of hydrogen-bond acceptors (Lipinski definition) is 1. The summed E-state index contributed by atoms with van der Waals surface area (Å²) >= 11 is 0. The fraction of sp³-hybridized carbons (Fsp3) is 0. The number of rotatable bonds is 2. The largest absolute Gasteiger partial charge is 0.355 e. The lowest BCUT2D eigenvalue weighted by Crippen LogP contribution is -1.75. The smallest absolute Gasteiger partial charge is 0.0538 e. The highest BCUT2D eigenvalue weighted by atomic mass is 15.1. The molecule has 0 atom stereocenters. The zero-order valence-electron chi connectivity index (χ0n) is 7.44. The summed E-state index contributed by atoms with van der Waals surface area (Å²) in [4.78, 5) is 5.80. The number of benzene rings is 1. The maximum Gasteiger partial charge on any atom is 0.0538 e. The average molecular weight is 184 g/mol. The first-order valence-electron chi connectivity index (χ1n) is 4.13. The van der Waals surface area contributed by atoms with Crippen molar-refractivity contribution >= 4 is 16.6 Å². The van der Waals surface area contributed by atoms with Gasteiger partial charge in [-0.2, -0.15) is 0 Å². The third kappa shape index (κ3) is 1.34. The number of fused-ring (bicyclic) bond motifs is 1. The van der Waals surface area contributed by atoms with Crippen LogP contribution in [0.5, 0.6) is 0 Å². The second-order valence-electron chi connectivity index (χ2n) is 2.91. The fourth-order valence-electron chi connectivity index (χ4n) is 1.34. The SMILES string of the molecule is C=C(N=[N+]=[N-])c1cc2ccccc2[nH]1. The van der Waals surface area contributed by atoms with Gasteiger partial charge in [0.15, 0.2) is 0 Å². The van der Waals surface area contributed by atoms with Crippen molar-refractivity contribution < 1.29 is 0 Å². The molecule has 0 radical (unpaired) electrons. The third-order valence-electron chi connectivity index (χ3n) is 2.01. The van der Waals surface area contributed by atoms with Crippen LogP contribution in [0.1, 0.15) is 5.69 Å². The van der Waals surface area contributed by atoms with E-state index >= 15 is 0 Å². The molecule has 0 bridgehead atoms. The molecule has 1 heterocycles. The highest BCUT2D eigenvalue weighted by molar-refractivity contribution is 5.84. The van der Waals surface area contributed by atoms with E-state index in [2.05, 4.69) is 21.6 Å². The van der Waals surface area contributed by atoms with Crippen LogP contribution in [0, 0.1) is 0 Å². The van der Waals surface area contributed by atoms with Crippen molar-refractivity contribution in [1.82, 2.24) is 4.98 Å². The third-order valence-corrected chi connectivity index (χ3v) is 2.01. The molecule has 0 saturated carbocycles. The van der Waals surface area contributed by atoms with Gasteiger partial charge in [-0.3, -0.25) is 0 Å². The molecule has 2 rings (SSSR count). The predicted octanol–water partition coefficient (Wildman–Crippen LogP) is 3.45. The molecule has 0 fully saturated rings. The number of aromatic amines is 1. The molecule has 68 valence electrons. The topological polar surface area (TPSA) is 64.6 Å². The van der Waals surface area contributed by atoms with E-state index in [0.29, 0.717) is 5.70 Å². The summed E-state index contributed by atoms with van der Waals surface area (Å²) in [5.74, 6) is 0. The van der Waals surface area contributed by atoms with Gasteiger partial charge >= 0.3 is 0 Å². The number of hydrogen-bond donors (Lipinski definition) is 1. The van der Waals surface area contributed by atoms with E-state index in [1.54, 1.807) is 0 Å². The summed E-state index contributed by atoms with van der Waals surface area (Å²) < 4.78 is 0. The minimum absolute atomic E-state index is 0.406. The molecule has 4 nitrogen and oxygen atoms in total. The monoisotopic (exact) mass is 184 g/mol. The Labute approximate surface area is 80.5 Å². The first kappa shape index (κ1) is 8.41. The lowest BCUT2D eigenvalue weighted by molar-refractivity contribution is 1.35. The van der Waals surface area contributed by atoms with Gasteiger partial charge in [-0.15, -0.1) is 0 Å². The van der Waals surface area contributed by atoms with Crippen LogP contribution < -0.4 is 0 Å². The number of azide groups is 1. The Morgan fingerprint density at radius 3 is 2.93 bits per heavy atom. The van der Waals surface area contributed by atoms with Crippen LogP contribution in [0.15, 0.2) is 42.0 Å². The first-order valence-corrected chi connectivity index (χ1v) is 4.13. The van der Waals surface area contributed by atoms with Gasteiger partial charge in [0.25, 0.3) is 0 Å². The van der Waals surface area contributed by atoms with Crippen LogP contribution in [0.25, 0.3) is 27.0 Å². The normalized spacial score (nSPS) is 9.71. The van der Waals surface area contributed by atoms with E-state index in [1.807, 2.05) is 30.3 Å². The minimum atomic E-state index is 0.406. The summed E-state index contributed by atoms with van der Waals surface area (Å²) in [6.45, 7) is 3.66. The molecular weight excluding hydrogens is 176 g/mol. The van der Waals surface area contributed by atoms with Gasteiger partial charge in [0, 0.05) is 16.1 Å². The quantitative estimate of drug-likeness (QED) is 0.422. The standard InChI is InChI=1S/C10H8N4/c1-7(13-14-11)10-6-8-4-2-3-5-9(8)12-10/h2-6,12H,1H2. The summed E-state index contributed by atoms with van der Waals surface area (Å²) in [6, 6.07) is 9.75. The Kier molecular flexibility index (Phi) is 1.97. The molecule has 0 aliphatic rings. The lowest BCUT2D eigenvalue weighted by atomic mass is 10.2. The van der Waals surface area contributed by atoms with Crippen LogP contribution >= 0.6 is 0 Å². The zero-order chi connectivity index (χ0) is 9.97. The molecule has 1 N–H and O–H groups in total. The Bertz CT molecular complexity index is 499. The van der Waals surface area contributed by atoms with Crippen LogP contribution in [0.3, 0.4) is 0 Å². The highest BCUT2D eigenvalue weighted by Crippen LogP contribution is 2.20. The fourth-order valence-corrected chi connectivity index (χ4v) is 1.34. The first-order chi connectivity index (χ1) is 6.81. The Balaban J connectivity index is 2.55. The van der Waals surface area contributed by atoms with Crippen LogP contribution in [0.4, 0.5) is 0 Å². The van der Waals surface area contributed by atoms with E-state index in [1.165, 1.54) is 0 Å². The van der Waals surface area contributed by atoms with Crippen molar-refractivity contribution in [3.05, 3.63) is 53.0 Å². The average Bonchev–Trinajstić information content (AvgIpc) is 2.61. The van der Waals surface area contributed by atoms with Crippen LogP contribution in [-0.2, 0) is 0 Å². The van der Waals surface area contributed by atoms with Crippen LogP contribution in [-0.4, -0.2) is 4.98 Å². The van der Waals surface area contributed by atoms with E-state index in [0.717, 1.165) is 16.6 Å². The Morgan fingerprint density at radius 2 is 2.21 bits per heavy atom. The number of nitrogens with zero attached hydrogens (tertiary/aromatic N) is 3. The number of aromatic nitrogens is 1. The molecule has 2 aromatic rings. The van der Waals surface area contributed by atoms with Crippen molar-refractivity contribution in [3.8, 4) is 0 Å². The Morgan fingerprint density at radius 1 is 1.43 bits per heavy atom. The van der Waals surface area contributed by atoms with Gasteiger partial charge in [0.05, 0.1) is 5.70 Å². The van der Waals surface area contributed by atoms with E-state index in [9.17, 15) is 0 Å². The van der Waals surface area contributed by atoms with E-state index in [-0.39, 0.29) is 0 Å². The summed E-state index contributed by atoms with van der Waals surface area (Å²) in [5.41, 5.74) is 10.4. The summed E-state index contributed by atoms with van der Waals surface area (Å²) in [7, 11) is 0. The lowest BCUT2D eigenvalue weighted by Gasteiger charge is -1.90. The van der Waals surface area contributed by atoms with Crippen molar-refractivity contribution in [3.63, 3.8) is 0 Å². The molecule has 0 unspecified atom stereocenters. The predicted molar refractivity (Wildman–Crippen MR) is 56.5 cm³/mol. The molecular formula is C10H8N4. The van der Waals surface area contributed by atoms with Crippen molar-refractivity contribution in [2.45, 2.75) is 0 Å². The van der Waals surface area contributed by atoms with Gasteiger partial charge in [-0.05, 0) is 23.1 Å². The second kappa shape index (κ2) is 3.28. The zero-order valence-corrected chi connectivity index (χ0v) is 7.44. The molecule has 1 aromatic carbocycles. The number of H-pyrrole nitrogens is 1. The molecule has 0 aliphatic heterocycles. The van der Waals surface area contributed by atoms with Gasteiger partial charge in [0.1, 0.15) is 0 Å². The molecule has 0 aliphatic carbocycles. The van der Waals surface area contributed by atoms with Gasteiger partial charge < -0.3 is 4.98 Å². The molecule has 1 aromatic heterocycles. The number of nitrogens with one attached hydrogen (secondary N) is 1. The highest BCUT2D eigenvalue weighted by Gasteiger charge is 2.01. The van der Waals surface area contributed by atoms with E-state index < -0.39 is 0 Å². The van der Waals surface area contributed by atoms with Crippen molar-refractivity contribution in [2.75, 3.05) is 0 Å². The molecule has 0 amide bonds. The van der Waals surface area contributed by atoms with Gasteiger partial charge in [-0.1, -0.05) is 29.9 Å². The Hall–Kier alpha value is -2.19. The molecule has 0 spiro atoms. The van der Waals surface area contributed by atoms with Crippen molar-refractivity contribution in [1.29, 1.82) is 0 Å².